The molecule has 3 rings (SSSR count). The lowest BCUT2D eigenvalue weighted by atomic mass is 10.2. The standard InChI is InChI=1S/C17H14BrF2N3O/c1-2-23(13-6-7-14(19)15(20)9-13)10-16-21-22-17(24-16)11-4-3-5-12(18)8-11/h3-9H,2,10H2,1H3. The highest BCUT2D eigenvalue weighted by atomic mass is 79.9. The van der Waals surface area contributed by atoms with Crippen molar-refractivity contribution in [3.8, 4) is 11.5 Å². The van der Waals surface area contributed by atoms with Gasteiger partial charge in [-0.25, -0.2) is 8.78 Å². The van der Waals surface area contributed by atoms with Crippen molar-refractivity contribution in [2.45, 2.75) is 13.5 Å². The Morgan fingerprint density at radius 2 is 1.92 bits per heavy atom. The van der Waals surface area contributed by atoms with Crippen molar-refractivity contribution in [1.29, 1.82) is 0 Å². The van der Waals surface area contributed by atoms with Gasteiger partial charge in [0.2, 0.25) is 11.8 Å². The number of hydrogen-bond acceptors (Lipinski definition) is 4. The van der Waals surface area contributed by atoms with Crippen molar-refractivity contribution in [2.24, 2.45) is 0 Å². The molecule has 3 aromatic rings. The normalized spacial score (nSPS) is 10.8. The number of anilines is 1. The molecule has 1 aromatic heterocycles. The summed E-state index contributed by atoms with van der Waals surface area (Å²) in [4.78, 5) is 1.82. The molecule has 0 aliphatic heterocycles. The van der Waals surface area contributed by atoms with Crippen LogP contribution >= 0.6 is 15.9 Å². The van der Waals surface area contributed by atoms with Gasteiger partial charge in [-0.15, -0.1) is 10.2 Å². The van der Waals surface area contributed by atoms with Gasteiger partial charge < -0.3 is 9.32 Å². The average Bonchev–Trinajstić information content (AvgIpc) is 3.04. The van der Waals surface area contributed by atoms with Gasteiger partial charge in [0.15, 0.2) is 11.6 Å². The van der Waals surface area contributed by atoms with Crippen LogP contribution in [0.15, 0.2) is 51.4 Å². The van der Waals surface area contributed by atoms with Gasteiger partial charge in [-0.2, -0.15) is 0 Å². The Hall–Kier alpha value is -2.28. The number of rotatable bonds is 5. The van der Waals surface area contributed by atoms with E-state index >= 15 is 0 Å². The molecule has 0 spiro atoms. The second-order valence-corrected chi connectivity index (χ2v) is 6.04. The van der Waals surface area contributed by atoms with Crippen molar-refractivity contribution in [3.63, 3.8) is 0 Å². The van der Waals surface area contributed by atoms with Crippen LogP contribution in [0.1, 0.15) is 12.8 Å². The summed E-state index contributed by atoms with van der Waals surface area (Å²) in [6.45, 7) is 2.80. The Kier molecular flexibility index (Phi) is 4.89. The maximum absolute atomic E-state index is 13.4. The molecular formula is C17H14BrF2N3O. The molecule has 7 heteroatoms. The molecule has 0 atom stereocenters. The smallest absolute Gasteiger partial charge is 0.247 e. The summed E-state index contributed by atoms with van der Waals surface area (Å²) in [6.07, 6.45) is 0. The summed E-state index contributed by atoms with van der Waals surface area (Å²) in [5.74, 6) is -0.944. The molecule has 0 amide bonds. The lowest BCUT2D eigenvalue weighted by molar-refractivity contribution is 0.496. The number of nitrogens with zero attached hydrogens (tertiary/aromatic N) is 3. The fraction of sp³-hybridized carbons (Fsp3) is 0.176. The molecule has 0 saturated heterocycles. The van der Waals surface area contributed by atoms with E-state index in [1.807, 2.05) is 36.1 Å². The topological polar surface area (TPSA) is 42.2 Å². The lowest BCUT2D eigenvalue weighted by Crippen LogP contribution is -2.22. The third-order valence-corrected chi connectivity index (χ3v) is 4.01. The first-order valence-corrected chi connectivity index (χ1v) is 8.14. The zero-order valence-corrected chi connectivity index (χ0v) is 14.4. The maximum Gasteiger partial charge on any atom is 0.247 e. The van der Waals surface area contributed by atoms with Gasteiger partial charge in [0.1, 0.15) is 0 Å². The van der Waals surface area contributed by atoms with Crippen LogP contribution in [0, 0.1) is 11.6 Å². The Morgan fingerprint density at radius 3 is 2.62 bits per heavy atom. The van der Waals surface area contributed by atoms with Crippen LogP contribution in [-0.2, 0) is 6.54 Å². The van der Waals surface area contributed by atoms with Gasteiger partial charge in [-0.1, -0.05) is 22.0 Å². The van der Waals surface area contributed by atoms with E-state index in [4.69, 9.17) is 4.42 Å². The zero-order chi connectivity index (χ0) is 17.1. The minimum atomic E-state index is -0.883. The van der Waals surface area contributed by atoms with Gasteiger partial charge in [-0.05, 0) is 37.3 Å². The van der Waals surface area contributed by atoms with Crippen LogP contribution in [0.4, 0.5) is 14.5 Å². The van der Waals surface area contributed by atoms with Crippen LogP contribution < -0.4 is 4.90 Å². The molecule has 0 bridgehead atoms. The summed E-state index contributed by atoms with van der Waals surface area (Å²) < 4.78 is 33.1. The Labute approximate surface area is 146 Å². The van der Waals surface area contributed by atoms with E-state index in [0.717, 1.165) is 22.2 Å². The van der Waals surface area contributed by atoms with Crippen LogP contribution in [-0.4, -0.2) is 16.7 Å². The fourth-order valence-corrected chi connectivity index (χ4v) is 2.69. The second kappa shape index (κ2) is 7.09. The van der Waals surface area contributed by atoms with Crippen molar-refractivity contribution >= 4 is 21.6 Å². The summed E-state index contributed by atoms with van der Waals surface area (Å²) in [5, 5.41) is 8.08. The van der Waals surface area contributed by atoms with Crippen molar-refractivity contribution < 1.29 is 13.2 Å². The van der Waals surface area contributed by atoms with E-state index in [9.17, 15) is 8.78 Å². The predicted octanol–water partition coefficient (Wildman–Crippen LogP) is 4.80. The van der Waals surface area contributed by atoms with Gasteiger partial charge in [0, 0.05) is 28.3 Å². The van der Waals surface area contributed by atoms with Crippen LogP contribution in [0.5, 0.6) is 0 Å². The quantitative estimate of drug-likeness (QED) is 0.623. The Balaban J connectivity index is 1.80. The monoisotopic (exact) mass is 393 g/mol. The first kappa shape index (κ1) is 16.6. The van der Waals surface area contributed by atoms with Gasteiger partial charge >= 0.3 is 0 Å². The van der Waals surface area contributed by atoms with E-state index in [1.165, 1.54) is 6.07 Å². The largest absolute Gasteiger partial charge is 0.419 e. The van der Waals surface area contributed by atoms with Crippen LogP contribution in [0.2, 0.25) is 0 Å². The minimum Gasteiger partial charge on any atom is -0.419 e. The second-order valence-electron chi connectivity index (χ2n) is 5.12. The Morgan fingerprint density at radius 1 is 1.08 bits per heavy atom. The van der Waals surface area contributed by atoms with Crippen molar-refractivity contribution in [3.05, 3.63) is 64.5 Å². The fourth-order valence-electron chi connectivity index (χ4n) is 2.29. The van der Waals surface area contributed by atoms with Crippen LogP contribution in [0.25, 0.3) is 11.5 Å². The predicted molar refractivity (Wildman–Crippen MR) is 90.5 cm³/mol. The zero-order valence-electron chi connectivity index (χ0n) is 12.8. The number of halogens is 3. The van der Waals surface area contributed by atoms with Gasteiger partial charge in [-0.3, -0.25) is 0 Å². The SMILES string of the molecule is CCN(Cc1nnc(-c2cccc(Br)c2)o1)c1ccc(F)c(F)c1. The highest BCUT2D eigenvalue weighted by Gasteiger charge is 2.14. The molecule has 4 nitrogen and oxygen atoms in total. The molecule has 124 valence electrons. The number of hydrogen-bond donors (Lipinski definition) is 0. The summed E-state index contributed by atoms with van der Waals surface area (Å²) in [6, 6.07) is 11.3. The molecule has 0 radical (unpaired) electrons. The van der Waals surface area contributed by atoms with Crippen molar-refractivity contribution in [1.82, 2.24) is 10.2 Å². The van der Waals surface area contributed by atoms with Gasteiger partial charge in [0.25, 0.3) is 0 Å². The molecule has 24 heavy (non-hydrogen) atoms. The molecule has 0 N–H and O–H groups in total. The molecule has 0 fully saturated rings. The Bertz CT molecular complexity index is 853. The number of benzene rings is 2. The van der Waals surface area contributed by atoms with Crippen molar-refractivity contribution in [2.75, 3.05) is 11.4 Å². The van der Waals surface area contributed by atoms with E-state index in [-0.39, 0.29) is 0 Å². The minimum absolute atomic E-state index is 0.308. The lowest BCUT2D eigenvalue weighted by Gasteiger charge is -2.21. The van der Waals surface area contributed by atoms with E-state index in [0.29, 0.717) is 30.6 Å². The van der Waals surface area contributed by atoms with E-state index in [2.05, 4.69) is 26.1 Å². The molecule has 0 unspecified atom stereocenters. The van der Waals surface area contributed by atoms with Crippen LogP contribution in [0.3, 0.4) is 0 Å². The molecule has 2 aromatic carbocycles. The van der Waals surface area contributed by atoms with Gasteiger partial charge in [0.05, 0.1) is 6.54 Å². The highest BCUT2D eigenvalue weighted by Crippen LogP contribution is 2.24. The number of aromatic nitrogens is 2. The van der Waals surface area contributed by atoms with E-state index < -0.39 is 11.6 Å². The maximum atomic E-state index is 13.4. The highest BCUT2D eigenvalue weighted by molar-refractivity contribution is 9.10. The molecule has 1 heterocycles. The average molecular weight is 394 g/mol. The summed E-state index contributed by atoms with van der Waals surface area (Å²) in [7, 11) is 0. The first-order valence-electron chi connectivity index (χ1n) is 7.35. The third-order valence-electron chi connectivity index (χ3n) is 3.51. The third kappa shape index (κ3) is 3.62. The molecule has 0 aliphatic rings. The summed E-state index contributed by atoms with van der Waals surface area (Å²) >= 11 is 3.40. The van der Waals surface area contributed by atoms with E-state index in [1.54, 1.807) is 0 Å². The molecule has 0 aliphatic carbocycles. The molecular weight excluding hydrogens is 380 g/mol. The summed E-state index contributed by atoms with van der Waals surface area (Å²) in [5.41, 5.74) is 1.36. The molecule has 0 saturated carbocycles. The first-order chi connectivity index (χ1) is 11.6.